The standard InChI is InChI=1S/C13H20O2/c1-5-11-8-6-7-9-13(11,14)10-15-12(2,3)4/h5-9,11,14H,1,10H2,2-4H3. The molecule has 2 atom stereocenters. The Bertz CT molecular complexity index is 283. The van der Waals surface area contributed by atoms with E-state index in [9.17, 15) is 5.11 Å². The number of ether oxygens (including phenoxy) is 1. The molecular formula is C13H20O2. The Hall–Kier alpha value is -0.860. The van der Waals surface area contributed by atoms with E-state index in [1.54, 1.807) is 12.2 Å². The van der Waals surface area contributed by atoms with Gasteiger partial charge in [-0.15, -0.1) is 6.58 Å². The summed E-state index contributed by atoms with van der Waals surface area (Å²) in [6.45, 7) is 9.93. The molecule has 15 heavy (non-hydrogen) atoms. The van der Waals surface area contributed by atoms with Crippen molar-refractivity contribution in [2.24, 2.45) is 5.92 Å². The van der Waals surface area contributed by atoms with Gasteiger partial charge in [0, 0.05) is 5.92 Å². The Morgan fingerprint density at radius 3 is 2.67 bits per heavy atom. The van der Waals surface area contributed by atoms with Crippen LogP contribution < -0.4 is 0 Å². The second-order valence-corrected chi connectivity index (χ2v) is 4.90. The zero-order valence-electron chi connectivity index (χ0n) is 9.73. The van der Waals surface area contributed by atoms with Gasteiger partial charge in [0.15, 0.2) is 0 Å². The predicted octanol–water partition coefficient (Wildman–Crippen LogP) is 2.46. The third-order valence-electron chi connectivity index (χ3n) is 2.38. The molecule has 84 valence electrons. The molecule has 0 fully saturated rings. The van der Waals surface area contributed by atoms with Crippen molar-refractivity contribution in [2.75, 3.05) is 6.61 Å². The zero-order valence-corrected chi connectivity index (χ0v) is 9.73. The predicted molar refractivity (Wildman–Crippen MR) is 62.6 cm³/mol. The van der Waals surface area contributed by atoms with Crippen LogP contribution in [0, 0.1) is 5.92 Å². The van der Waals surface area contributed by atoms with Crippen LogP contribution in [0.15, 0.2) is 37.0 Å². The van der Waals surface area contributed by atoms with Crippen molar-refractivity contribution in [3.05, 3.63) is 37.0 Å². The highest BCUT2D eigenvalue weighted by Crippen LogP contribution is 2.27. The van der Waals surface area contributed by atoms with Gasteiger partial charge in [0.2, 0.25) is 0 Å². The quantitative estimate of drug-likeness (QED) is 0.722. The Labute approximate surface area is 92.0 Å². The van der Waals surface area contributed by atoms with E-state index in [0.29, 0.717) is 0 Å². The van der Waals surface area contributed by atoms with E-state index in [1.165, 1.54) is 0 Å². The molecule has 0 aliphatic heterocycles. The average molecular weight is 208 g/mol. The number of hydrogen-bond donors (Lipinski definition) is 1. The van der Waals surface area contributed by atoms with Crippen molar-refractivity contribution >= 4 is 0 Å². The summed E-state index contributed by atoms with van der Waals surface area (Å²) in [4.78, 5) is 0. The molecule has 0 saturated carbocycles. The molecule has 1 aliphatic carbocycles. The second kappa shape index (κ2) is 4.33. The molecule has 2 nitrogen and oxygen atoms in total. The summed E-state index contributed by atoms with van der Waals surface area (Å²) < 4.78 is 5.62. The van der Waals surface area contributed by atoms with Gasteiger partial charge in [-0.3, -0.25) is 0 Å². The minimum Gasteiger partial charge on any atom is -0.382 e. The minimum absolute atomic E-state index is 0.0788. The molecule has 1 N–H and O–H groups in total. The maximum absolute atomic E-state index is 10.4. The maximum Gasteiger partial charge on any atom is 0.116 e. The molecule has 0 aromatic rings. The van der Waals surface area contributed by atoms with Crippen LogP contribution in [-0.4, -0.2) is 22.9 Å². The molecule has 2 unspecified atom stereocenters. The van der Waals surface area contributed by atoms with Crippen LogP contribution >= 0.6 is 0 Å². The summed E-state index contributed by atoms with van der Waals surface area (Å²) in [5.41, 5.74) is -1.19. The number of hydrogen-bond acceptors (Lipinski definition) is 2. The first-order valence-corrected chi connectivity index (χ1v) is 5.22. The van der Waals surface area contributed by atoms with Crippen molar-refractivity contribution in [1.82, 2.24) is 0 Å². The first-order chi connectivity index (χ1) is 6.87. The summed E-state index contributed by atoms with van der Waals surface area (Å²) in [7, 11) is 0. The first-order valence-electron chi connectivity index (χ1n) is 5.22. The topological polar surface area (TPSA) is 29.5 Å². The van der Waals surface area contributed by atoms with Crippen molar-refractivity contribution in [1.29, 1.82) is 0 Å². The Kier molecular flexibility index (Phi) is 3.53. The number of aliphatic hydroxyl groups is 1. The highest BCUT2D eigenvalue weighted by Gasteiger charge is 2.33. The molecule has 0 aromatic heterocycles. The van der Waals surface area contributed by atoms with Crippen molar-refractivity contribution in [3.8, 4) is 0 Å². The van der Waals surface area contributed by atoms with E-state index in [4.69, 9.17) is 4.74 Å². The van der Waals surface area contributed by atoms with E-state index >= 15 is 0 Å². The van der Waals surface area contributed by atoms with E-state index < -0.39 is 5.60 Å². The summed E-state index contributed by atoms with van der Waals surface area (Å²) in [6.07, 6.45) is 9.19. The fraction of sp³-hybridized carbons (Fsp3) is 0.538. The Morgan fingerprint density at radius 2 is 2.13 bits per heavy atom. The van der Waals surface area contributed by atoms with Crippen LogP contribution in [-0.2, 0) is 4.74 Å². The second-order valence-electron chi connectivity index (χ2n) is 4.90. The van der Waals surface area contributed by atoms with Crippen LogP contribution in [0.5, 0.6) is 0 Å². The third-order valence-corrected chi connectivity index (χ3v) is 2.38. The van der Waals surface area contributed by atoms with Gasteiger partial charge >= 0.3 is 0 Å². The van der Waals surface area contributed by atoms with Crippen LogP contribution in [0.25, 0.3) is 0 Å². The van der Waals surface area contributed by atoms with Gasteiger partial charge in [0.05, 0.1) is 12.2 Å². The first kappa shape index (κ1) is 12.2. The van der Waals surface area contributed by atoms with E-state index in [0.717, 1.165) is 0 Å². The lowest BCUT2D eigenvalue weighted by Crippen LogP contribution is -2.42. The van der Waals surface area contributed by atoms with Gasteiger partial charge < -0.3 is 9.84 Å². The van der Waals surface area contributed by atoms with Crippen molar-refractivity contribution in [3.63, 3.8) is 0 Å². The molecule has 0 aromatic carbocycles. The van der Waals surface area contributed by atoms with Gasteiger partial charge in [0.25, 0.3) is 0 Å². The van der Waals surface area contributed by atoms with Gasteiger partial charge in [-0.2, -0.15) is 0 Å². The van der Waals surface area contributed by atoms with E-state index in [1.807, 2.05) is 39.0 Å². The normalized spacial score (nSPS) is 30.5. The maximum atomic E-state index is 10.4. The van der Waals surface area contributed by atoms with Gasteiger partial charge in [0.1, 0.15) is 5.60 Å². The van der Waals surface area contributed by atoms with Gasteiger partial charge in [-0.1, -0.05) is 24.3 Å². The highest BCUT2D eigenvalue weighted by molar-refractivity contribution is 5.25. The molecule has 0 bridgehead atoms. The lowest BCUT2D eigenvalue weighted by molar-refractivity contribution is -0.0876. The van der Waals surface area contributed by atoms with Gasteiger partial charge in [-0.05, 0) is 26.8 Å². The molecule has 2 heteroatoms. The molecule has 0 heterocycles. The smallest absolute Gasteiger partial charge is 0.116 e. The fourth-order valence-corrected chi connectivity index (χ4v) is 1.44. The molecule has 1 aliphatic rings. The monoisotopic (exact) mass is 208 g/mol. The molecule has 1 rings (SSSR count). The van der Waals surface area contributed by atoms with Crippen LogP contribution in [0.2, 0.25) is 0 Å². The average Bonchev–Trinajstić information content (AvgIpc) is 2.15. The molecule has 0 amide bonds. The summed E-state index contributed by atoms with van der Waals surface area (Å²) >= 11 is 0. The summed E-state index contributed by atoms with van der Waals surface area (Å²) in [6, 6.07) is 0. The van der Waals surface area contributed by atoms with Crippen molar-refractivity contribution < 1.29 is 9.84 Å². The zero-order chi connectivity index (χ0) is 11.5. The van der Waals surface area contributed by atoms with E-state index in [2.05, 4.69) is 6.58 Å². The lowest BCUT2D eigenvalue weighted by Gasteiger charge is -2.34. The van der Waals surface area contributed by atoms with Crippen LogP contribution in [0.1, 0.15) is 20.8 Å². The SMILES string of the molecule is C=CC1C=CC=CC1(O)COC(C)(C)C. The fourth-order valence-electron chi connectivity index (χ4n) is 1.44. The largest absolute Gasteiger partial charge is 0.382 e. The van der Waals surface area contributed by atoms with Gasteiger partial charge in [-0.25, -0.2) is 0 Å². The summed E-state index contributed by atoms with van der Waals surface area (Å²) in [5.74, 6) is -0.0788. The highest BCUT2D eigenvalue weighted by atomic mass is 16.5. The van der Waals surface area contributed by atoms with Crippen LogP contribution in [0.3, 0.4) is 0 Å². The molecule has 0 saturated heterocycles. The van der Waals surface area contributed by atoms with Crippen molar-refractivity contribution in [2.45, 2.75) is 32.0 Å². The molecule has 0 radical (unpaired) electrons. The molecular weight excluding hydrogens is 188 g/mol. The Balaban J connectivity index is 2.68. The minimum atomic E-state index is -0.955. The van der Waals surface area contributed by atoms with Crippen LogP contribution in [0.4, 0.5) is 0 Å². The van der Waals surface area contributed by atoms with E-state index in [-0.39, 0.29) is 18.1 Å². The Morgan fingerprint density at radius 1 is 1.47 bits per heavy atom. The summed E-state index contributed by atoms with van der Waals surface area (Å²) in [5, 5.41) is 10.4. The lowest BCUT2D eigenvalue weighted by atomic mass is 9.84. The molecule has 0 spiro atoms. The number of rotatable bonds is 3. The number of allylic oxidation sites excluding steroid dienone is 2. The third kappa shape index (κ3) is 3.33.